The van der Waals surface area contributed by atoms with Crippen molar-refractivity contribution >= 4 is 18.2 Å². The Hall–Kier alpha value is -0.860. The Kier molecular flexibility index (Phi) is 3.46. The maximum atomic E-state index is 11.6. The molecular formula is C10H12ClNO. The molecule has 3 heteroatoms. The zero-order chi connectivity index (χ0) is 8.39. The van der Waals surface area contributed by atoms with Gasteiger partial charge in [-0.05, 0) is 0 Å². The molecule has 70 valence electrons. The summed E-state index contributed by atoms with van der Waals surface area (Å²) in [5.41, 5.74) is 0.837. The zero-order valence-corrected chi connectivity index (χ0v) is 8.01. The Labute approximate surface area is 83.7 Å². The number of Topliss-reactive ketones (excluding diaryl/α,β-unsaturated/α-hetero) is 1. The quantitative estimate of drug-likeness (QED) is 0.729. The van der Waals surface area contributed by atoms with Crippen LogP contribution in [-0.4, -0.2) is 18.9 Å². The molecule has 0 radical (unpaired) electrons. The van der Waals surface area contributed by atoms with Crippen molar-refractivity contribution in [1.82, 2.24) is 5.32 Å². The molecule has 1 aromatic rings. The predicted molar refractivity (Wildman–Crippen MR) is 54.4 cm³/mol. The Morgan fingerprint density at radius 1 is 1.23 bits per heavy atom. The van der Waals surface area contributed by atoms with Gasteiger partial charge in [0.05, 0.1) is 0 Å². The molecule has 1 N–H and O–H groups in total. The van der Waals surface area contributed by atoms with E-state index in [9.17, 15) is 4.79 Å². The van der Waals surface area contributed by atoms with Crippen molar-refractivity contribution in [3.05, 3.63) is 35.9 Å². The lowest BCUT2D eigenvalue weighted by Gasteiger charge is -2.25. The largest absolute Gasteiger partial charge is 0.315 e. The monoisotopic (exact) mass is 197 g/mol. The molecule has 2 nitrogen and oxygen atoms in total. The third-order valence-electron chi connectivity index (χ3n) is 2.21. The Bertz CT molecular complexity index is 282. The van der Waals surface area contributed by atoms with Crippen molar-refractivity contribution in [2.24, 2.45) is 5.92 Å². The van der Waals surface area contributed by atoms with Crippen LogP contribution in [0.5, 0.6) is 0 Å². The second-order valence-corrected chi connectivity index (χ2v) is 3.09. The molecule has 1 aromatic carbocycles. The number of halogens is 1. The fraction of sp³-hybridized carbons (Fsp3) is 0.300. The van der Waals surface area contributed by atoms with Gasteiger partial charge < -0.3 is 5.32 Å². The minimum atomic E-state index is 0. The Balaban J connectivity index is 0.000000845. The highest BCUT2D eigenvalue weighted by Crippen LogP contribution is 2.11. The number of ketones is 1. The molecule has 13 heavy (non-hydrogen) atoms. The van der Waals surface area contributed by atoms with Crippen LogP contribution in [0.3, 0.4) is 0 Å². The number of rotatable bonds is 2. The molecule has 0 aromatic heterocycles. The molecule has 1 fully saturated rings. The van der Waals surface area contributed by atoms with Crippen molar-refractivity contribution in [3.63, 3.8) is 0 Å². The van der Waals surface area contributed by atoms with Gasteiger partial charge in [0, 0.05) is 24.6 Å². The van der Waals surface area contributed by atoms with Gasteiger partial charge in [0.25, 0.3) is 0 Å². The summed E-state index contributed by atoms with van der Waals surface area (Å²) < 4.78 is 0. The maximum absolute atomic E-state index is 11.6. The first-order chi connectivity index (χ1) is 5.88. The summed E-state index contributed by atoms with van der Waals surface area (Å²) >= 11 is 0. The Morgan fingerprint density at radius 3 is 2.31 bits per heavy atom. The maximum Gasteiger partial charge on any atom is 0.168 e. The van der Waals surface area contributed by atoms with E-state index in [1.165, 1.54) is 0 Å². The average Bonchev–Trinajstić information content (AvgIpc) is 2.03. The topological polar surface area (TPSA) is 29.1 Å². The van der Waals surface area contributed by atoms with Gasteiger partial charge in [0.15, 0.2) is 5.78 Å². The number of carbonyl (C=O) groups excluding carboxylic acids is 1. The van der Waals surface area contributed by atoms with Crippen LogP contribution in [0.2, 0.25) is 0 Å². The molecule has 1 aliphatic rings. The molecule has 0 spiro atoms. The van der Waals surface area contributed by atoms with Gasteiger partial charge in [0.2, 0.25) is 0 Å². The highest BCUT2D eigenvalue weighted by molar-refractivity contribution is 5.98. The molecule has 0 unspecified atom stereocenters. The van der Waals surface area contributed by atoms with Crippen LogP contribution >= 0.6 is 12.4 Å². The second kappa shape index (κ2) is 4.40. The molecule has 2 rings (SSSR count). The lowest BCUT2D eigenvalue weighted by molar-refractivity contribution is 0.0878. The highest BCUT2D eigenvalue weighted by atomic mass is 35.5. The summed E-state index contributed by atoms with van der Waals surface area (Å²) in [7, 11) is 0. The normalized spacial score (nSPS) is 15.7. The van der Waals surface area contributed by atoms with E-state index in [1.54, 1.807) is 0 Å². The predicted octanol–water partition coefficient (Wildman–Crippen LogP) is 1.51. The number of benzene rings is 1. The van der Waals surface area contributed by atoms with Crippen molar-refractivity contribution < 1.29 is 4.79 Å². The number of hydrogen-bond acceptors (Lipinski definition) is 2. The van der Waals surface area contributed by atoms with E-state index in [1.807, 2.05) is 30.3 Å². The first kappa shape index (κ1) is 10.2. The van der Waals surface area contributed by atoms with Crippen molar-refractivity contribution in [1.29, 1.82) is 0 Å². The lowest BCUT2D eigenvalue weighted by Crippen LogP contribution is -2.46. The lowest BCUT2D eigenvalue weighted by atomic mass is 9.93. The second-order valence-electron chi connectivity index (χ2n) is 3.09. The summed E-state index contributed by atoms with van der Waals surface area (Å²) in [6.07, 6.45) is 0. The fourth-order valence-corrected chi connectivity index (χ4v) is 1.31. The van der Waals surface area contributed by atoms with E-state index in [2.05, 4.69) is 5.32 Å². The third kappa shape index (κ3) is 2.08. The van der Waals surface area contributed by atoms with Gasteiger partial charge in [-0.15, -0.1) is 12.4 Å². The zero-order valence-electron chi connectivity index (χ0n) is 7.19. The average molecular weight is 198 g/mol. The van der Waals surface area contributed by atoms with E-state index in [0.29, 0.717) is 0 Å². The summed E-state index contributed by atoms with van der Waals surface area (Å²) in [6, 6.07) is 9.48. The van der Waals surface area contributed by atoms with E-state index in [4.69, 9.17) is 0 Å². The first-order valence-electron chi connectivity index (χ1n) is 4.18. The van der Waals surface area contributed by atoms with Gasteiger partial charge in [-0.1, -0.05) is 30.3 Å². The Morgan fingerprint density at radius 2 is 1.85 bits per heavy atom. The molecule has 1 saturated heterocycles. The van der Waals surface area contributed by atoms with Crippen LogP contribution in [0, 0.1) is 5.92 Å². The molecule has 0 atom stereocenters. The smallest absolute Gasteiger partial charge is 0.168 e. The van der Waals surface area contributed by atoms with Gasteiger partial charge in [-0.3, -0.25) is 4.79 Å². The van der Waals surface area contributed by atoms with E-state index in [0.717, 1.165) is 18.7 Å². The van der Waals surface area contributed by atoms with Crippen molar-refractivity contribution in [3.8, 4) is 0 Å². The van der Waals surface area contributed by atoms with Crippen molar-refractivity contribution in [2.75, 3.05) is 13.1 Å². The standard InChI is InChI=1S/C10H11NO.ClH/c12-10(9-6-11-7-9)8-4-2-1-3-5-8;/h1-5,9,11H,6-7H2;1H. The molecule has 1 heterocycles. The van der Waals surface area contributed by atoms with Crippen LogP contribution in [0.1, 0.15) is 10.4 Å². The van der Waals surface area contributed by atoms with Gasteiger partial charge in [0.1, 0.15) is 0 Å². The summed E-state index contributed by atoms with van der Waals surface area (Å²) in [5.74, 6) is 0.488. The molecule has 1 aliphatic heterocycles. The van der Waals surface area contributed by atoms with Gasteiger partial charge in [-0.2, -0.15) is 0 Å². The number of nitrogens with one attached hydrogen (secondary N) is 1. The van der Waals surface area contributed by atoms with E-state index in [-0.39, 0.29) is 24.1 Å². The minimum Gasteiger partial charge on any atom is -0.315 e. The summed E-state index contributed by atoms with van der Waals surface area (Å²) in [6.45, 7) is 1.68. The van der Waals surface area contributed by atoms with Crippen LogP contribution in [0.4, 0.5) is 0 Å². The SMILES string of the molecule is Cl.O=C(c1ccccc1)C1CNC1. The molecular weight excluding hydrogens is 186 g/mol. The van der Waals surface area contributed by atoms with E-state index >= 15 is 0 Å². The van der Waals surface area contributed by atoms with E-state index < -0.39 is 0 Å². The molecule has 0 amide bonds. The first-order valence-corrected chi connectivity index (χ1v) is 4.18. The van der Waals surface area contributed by atoms with Gasteiger partial charge in [-0.25, -0.2) is 0 Å². The van der Waals surface area contributed by atoms with Crippen LogP contribution in [-0.2, 0) is 0 Å². The van der Waals surface area contributed by atoms with Crippen LogP contribution in [0.25, 0.3) is 0 Å². The summed E-state index contributed by atoms with van der Waals surface area (Å²) in [4.78, 5) is 11.6. The number of hydrogen-bond donors (Lipinski definition) is 1. The van der Waals surface area contributed by atoms with Gasteiger partial charge >= 0.3 is 0 Å². The van der Waals surface area contributed by atoms with Crippen LogP contribution < -0.4 is 5.32 Å². The van der Waals surface area contributed by atoms with Crippen molar-refractivity contribution in [2.45, 2.75) is 0 Å². The summed E-state index contributed by atoms with van der Waals surface area (Å²) in [5, 5.41) is 3.09. The fourth-order valence-electron chi connectivity index (χ4n) is 1.31. The third-order valence-corrected chi connectivity index (χ3v) is 2.21. The number of carbonyl (C=O) groups is 1. The minimum absolute atomic E-state index is 0. The molecule has 0 bridgehead atoms. The molecule has 0 aliphatic carbocycles. The highest BCUT2D eigenvalue weighted by Gasteiger charge is 2.25. The molecule has 0 saturated carbocycles. The van der Waals surface area contributed by atoms with Crippen LogP contribution in [0.15, 0.2) is 30.3 Å².